The normalized spacial score (nSPS) is 10.0. The Balaban J connectivity index is 2.48. The number of benzene rings is 1. The standard InChI is InChI=1S/C10H6INO2/c1-2-6-13-7-4-3-5-8-9(7)12-10(11)14-8/h1,3-5H,6H2. The van der Waals surface area contributed by atoms with E-state index in [4.69, 9.17) is 15.6 Å². The molecule has 1 aromatic carbocycles. The smallest absolute Gasteiger partial charge is 0.258 e. The number of rotatable bonds is 2. The van der Waals surface area contributed by atoms with Crippen LogP contribution in [0.25, 0.3) is 11.1 Å². The molecule has 0 spiro atoms. The molecule has 0 N–H and O–H groups in total. The Bertz CT molecular complexity index is 498. The molecular formula is C10H6INO2. The van der Waals surface area contributed by atoms with Crippen LogP contribution in [0.3, 0.4) is 0 Å². The van der Waals surface area contributed by atoms with E-state index >= 15 is 0 Å². The number of ether oxygens (including phenoxy) is 1. The first-order chi connectivity index (χ1) is 6.81. The highest BCUT2D eigenvalue weighted by Gasteiger charge is 2.07. The number of nitrogens with zero attached hydrogens (tertiary/aromatic N) is 1. The summed E-state index contributed by atoms with van der Waals surface area (Å²) < 4.78 is 11.2. The molecule has 0 atom stereocenters. The first kappa shape index (κ1) is 9.34. The van der Waals surface area contributed by atoms with Crippen LogP contribution in [0.1, 0.15) is 0 Å². The summed E-state index contributed by atoms with van der Waals surface area (Å²) in [6.07, 6.45) is 5.11. The Labute approximate surface area is 94.6 Å². The zero-order valence-electron chi connectivity index (χ0n) is 7.16. The van der Waals surface area contributed by atoms with Crippen molar-refractivity contribution in [3.63, 3.8) is 0 Å². The van der Waals surface area contributed by atoms with Gasteiger partial charge in [0.25, 0.3) is 3.90 Å². The highest BCUT2D eigenvalue weighted by Crippen LogP contribution is 2.25. The molecule has 1 heterocycles. The van der Waals surface area contributed by atoms with E-state index in [1.807, 2.05) is 40.8 Å². The lowest BCUT2D eigenvalue weighted by Gasteiger charge is -2.00. The Hall–Kier alpha value is -1.22. The summed E-state index contributed by atoms with van der Waals surface area (Å²) >= 11 is 2.01. The summed E-state index contributed by atoms with van der Waals surface area (Å²) in [4.78, 5) is 4.19. The van der Waals surface area contributed by atoms with Gasteiger partial charge in [-0.15, -0.1) is 6.42 Å². The summed E-state index contributed by atoms with van der Waals surface area (Å²) in [7, 11) is 0. The minimum Gasteiger partial charge on any atom is -0.479 e. The summed E-state index contributed by atoms with van der Waals surface area (Å²) in [5, 5.41) is 0. The lowest BCUT2D eigenvalue weighted by atomic mass is 10.3. The largest absolute Gasteiger partial charge is 0.479 e. The van der Waals surface area contributed by atoms with Crippen molar-refractivity contribution >= 4 is 33.7 Å². The summed E-state index contributed by atoms with van der Waals surface area (Å²) in [5.41, 5.74) is 1.43. The summed E-state index contributed by atoms with van der Waals surface area (Å²) in [6, 6.07) is 5.50. The number of aromatic nitrogens is 1. The Morgan fingerprint density at radius 3 is 3.21 bits per heavy atom. The van der Waals surface area contributed by atoms with Gasteiger partial charge in [0.05, 0.1) is 0 Å². The lowest BCUT2D eigenvalue weighted by molar-refractivity contribution is 0.374. The van der Waals surface area contributed by atoms with Crippen molar-refractivity contribution in [3.05, 3.63) is 22.1 Å². The second-order valence-corrected chi connectivity index (χ2v) is 3.49. The Morgan fingerprint density at radius 2 is 2.43 bits per heavy atom. The third kappa shape index (κ3) is 1.68. The van der Waals surface area contributed by atoms with E-state index in [1.54, 1.807) is 0 Å². The first-order valence-electron chi connectivity index (χ1n) is 3.92. The molecule has 1 aromatic heterocycles. The van der Waals surface area contributed by atoms with Gasteiger partial charge in [0.2, 0.25) is 0 Å². The minimum absolute atomic E-state index is 0.239. The van der Waals surface area contributed by atoms with Gasteiger partial charge in [-0.25, -0.2) is 4.98 Å². The zero-order valence-corrected chi connectivity index (χ0v) is 9.32. The topological polar surface area (TPSA) is 35.3 Å². The molecule has 0 saturated heterocycles. The number of hydrogen-bond acceptors (Lipinski definition) is 3. The summed E-state index contributed by atoms with van der Waals surface area (Å²) in [6.45, 7) is 0.239. The van der Waals surface area contributed by atoms with Crippen molar-refractivity contribution in [3.8, 4) is 18.1 Å². The second kappa shape index (κ2) is 3.88. The van der Waals surface area contributed by atoms with Crippen LogP contribution in [0, 0.1) is 16.2 Å². The van der Waals surface area contributed by atoms with E-state index in [2.05, 4.69) is 10.9 Å². The number of terminal acetylenes is 1. The second-order valence-electron chi connectivity index (χ2n) is 2.56. The van der Waals surface area contributed by atoms with Crippen LogP contribution in [0.4, 0.5) is 0 Å². The fourth-order valence-corrected chi connectivity index (χ4v) is 1.61. The monoisotopic (exact) mass is 299 g/mol. The molecule has 0 fully saturated rings. The van der Waals surface area contributed by atoms with Crippen LogP contribution in [0.15, 0.2) is 22.6 Å². The van der Waals surface area contributed by atoms with Gasteiger partial charge in [0.1, 0.15) is 12.4 Å². The van der Waals surface area contributed by atoms with Gasteiger partial charge in [-0.3, -0.25) is 0 Å². The summed E-state index contributed by atoms with van der Waals surface area (Å²) in [5.74, 6) is 3.06. The van der Waals surface area contributed by atoms with Crippen molar-refractivity contribution in [2.45, 2.75) is 0 Å². The van der Waals surface area contributed by atoms with Crippen LogP contribution in [-0.4, -0.2) is 11.6 Å². The maximum absolute atomic E-state index is 5.33. The van der Waals surface area contributed by atoms with E-state index in [1.165, 1.54) is 0 Å². The molecule has 0 unspecified atom stereocenters. The molecule has 0 amide bonds. The molecule has 14 heavy (non-hydrogen) atoms. The number of hydrogen-bond donors (Lipinski definition) is 0. The third-order valence-corrected chi connectivity index (χ3v) is 2.13. The quantitative estimate of drug-likeness (QED) is 0.631. The predicted octanol–water partition coefficient (Wildman–Crippen LogP) is 2.44. The van der Waals surface area contributed by atoms with E-state index in [0.29, 0.717) is 20.7 Å². The van der Waals surface area contributed by atoms with E-state index in [9.17, 15) is 0 Å². The average molecular weight is 299 g/mol. The van der Waals surface area contributed by atoms with Crippen LogP contribution in [0.2, 0.25) is 0 Å². The molecular weight excluding hydrogens is 293 g/mol. The molecule has 70 valence electrons. The molecule has 3 nitrogen and oxygen atoms in total. The number of para-hydroxylation sites is 1. The molecule has 2 aromatic rings. The minimum atomic E-state index is 0.239. The van der Waals surface area contributed by atoms with Gasteiger partial charge >= 0.3 is 0 Å². The lowest BCUT2D eigenvalue weighted by Crippen LogP contribution is -1.93. The van der Waals surface area contributed by atoms with Crippen LogP contribution < -0.4 is 4.74 Å². The third-order valence-electron chi connectivity index (χ3n) is 1.67. The zero-order chi connectivity index (χ0) is 9.97. The van der Waals surface area contributed by atoms with Crippen molar-refractivity contribution in [2.75, 3.05) is 6.61 Å². The average Bonchev–Trinajstić information content (AvgIpc) is 2.55. The Kier molecular flexibility index (Phi) is 2.59. The maximum atomic E-state index is 5.33. The highest BCUT2D eigenvalue weighted by atomic mass is 127. The van der Waals surface area contributed by atoms with Gasteiger partial charge in [-0.1, -0.05) is 12.0 Å². The number of halogens is 1. The predicted molar refractivity (Wildman–Crippen MR) is 61.1 cm³/mol. The number of oxazole rings is 1. The van der Waals surface area contributed by atoms with Crippen molar-refractivity contribution < 1.29 is 9.15 Å². The highest BCUT2D eigenvalue weighted by molar-refractivity contribution is 14.1. The number of fused-ring (bicyclic) bond motifs is 1. The molecule has 0 saturated carbocycles. The molecule has 0 radical (unpaired) electrons. The van der Waals surface area contributed by atoms with Crippen LogP contribution >= 0.6 is 22.6 Å². The van der Waals surface area contributed by atoms with Crippen molar-refractivity contribution in [2.24, 2.45) is 0 Å². The van der Waals surface area contributed by atoms with Crippen molar-refractivity contribution in [1.82, 2.24) is 4.98 Å². The van der Waals surface area contributed by atoms with E-state index in [0.717, 1.165) is 0 Å². The Morgan fingerprint density at radius 1 is 1.57 bits per heavy atom. The SMILES string of the molecule is C#CCOc1cccc2oc(I)nc12. The molecule has 0 bridgehead atoms. The van der Waals surface area contributed by atoms with Gasteiger partial charge < -0.3 is 9.15 Å². The van der Waals surface area contributed by atoms with Gasteiger partial charge in [-0.2, -0.15) is 0 Å². The van der Waals surface area contributed by atoms with Crippen LogP contribution in [0.5, 0.6) is 5.75 Å². The molecule has 4 heteroatoms. The molecule has 2 rings (SSSR count). The molecule has 0 aliphatic carbocycles. The molecule has 0 aliphatic heterocycles. The fraction of sp³-hybridized carbons (Fsp3) is 0.100. The van der Waals surface area contributed by atoms with Crippen LogP contribution in [-0.2, 0) is 0 Å². The van der Waals surface area contributed by atoms with Gasteiger partial charge in [0, 0.05) is 22.6 Å². The fourth-order valence-electron chi connectivity index (χ4n) is 1.13. The van der Waals surface area contributed by atoms with Gasteiger partial charge in [0.15, 0.2) is 11.1 Å². The first-order valence-corrected chi connectivity index (χ1v) is 5.00. The van der Waals surface area contributed by atoms with Gasteiger partial charge in [-0.05, 0) is 12.1 Å². The van der Waals surface area contributed by atoms with Crippen molar-refractivity contribution in [1.29, 1.82) is 0 Å². The van der Waals surface area contributed by atoms with E-state index in [-0.39, 0.29) is 6.61 Å². The van der Waals surface area contributed by atoms with E-state index < -0.39 is 0 Å². The molecule has 0 aliphatic rings. The maximum Gasteiger partial charge on any atom is 0.258 e.